The molecule has 1 aromatic rings. The second-order valence-corrected chi connectivity index (χ2v) is 8.35. The monoisotopic (exact) mass is 360 g/mol. The summed E-state index contributed by atoms with van der Waals surface area (Å²) in [6.07, 6.45) is 3.46. The fourth-order valence-electron chi connectivity index (χ4n) is 2.74. The summed E-state index contributed by atoms with van der Waals surface area (Å²) in [6, 6.07) is 6.18. The fraction of sp³-hybridized carbons (Fsp3) is 0.500. The number of carboxylic acids is 1. The summed E-state index contributed by atoms with van der Waals surface area (Å²) in [5.74, 6) is -1.22. The summed E-state index contributed by atoms with van der Waals surface area (Å²) >= 11 is 3.25. The van der Waals surface area contributed by atoms with Crippen molar-refractivity contribution in [3.63, 3.8) is 0 Å². The molecule has 1 aliphatic carbocycles. The third-order valence-electron chi connectivity index (χ3n) is 3.94. The molecule has 4 nitrogen and oxygen atoms in total. The molecule has 0 aromatic heterocycles. The summed E-state index contributed by atoms with van der Waals surface area (Å²) in [5.41, 5.74) is 0. The lowest BCUT2D eigenvalue weighted by Gasteiger charge is -2.27. The molecule has 20 heavy (non-hydrogen) atoms. The molecule has 0 heterocycles. The van der Waals surface area contributed by atoms with E-state index in [0.717, 1.165) is 17.3 Å². The fourth-order valence-corrected chi connectivity index (χ4v) is 5.00. The van der Waals surface area contributed by atoms with Gasteiger partial charge in [0, 0.05) is 4.47 Å². The Morgan fingerprint density at radius 3 is 2.00 bits per heavy atom. The first-order valence-corrected chi connectivity index (χ1v) is 8.91. The summed E-state index contributed by atoms with van der Waals surface area (Å²) < 4.78 is 24.7. The molecule has 2 rings (SSSR count). The van der Waals surface area contributed by atoms with Gasteiger partial charge in [0.15, 0.2) is 14.6 Å². The molecule has 0 bridgehead atoms. The first-order chi connectivity index (χ1) is 9.40. The zero-order chi connectivity index (χ0) is 14.8. The van der Waals surface area contributed by atoms with Crippen molar-refractivity contribution in [3.8, 4) is 0 Å². The van der Waals surface area contributed by atoms with Crippen LogP contribution in [0.15, 0.2) is 33.6 Å². The SMILES string of the molecule is O=C(O)C1(S(=O)(=O)c2ccc(Br)cc2)CCCCCC1. The molecular formula is C14H17BrO4S. The van der Waals surface area contributed by atoms with Crippen LogP contribution in [-0.4, -0.2) is 24.2 Å². The van der Waals surface area contributed by atoms with Crippen LogP contribution in [0.3, 0.4) is 0 Å². The average molecular weight is 361 g/mol. The topological polar surface area (TPSA) is 71.4 Å². The van der Waals surface area contributed by atoms with Gasteiger partial charge in [0.25, 0.3) is 0 Å². The quantitative estimate of drug-likeness (QED) is 0.838. The number of hydrogen-bond acceptors (Lipinski definition) is 3. The average Bonchev–Trinajstić information content (AvgIpc) is 2.66. The normalized spacial score (nSPS) is 19.2. The second-order valence-electron chi connectivity index (χ2n) is 5.17. The van der Waals surface area contributed by atoms with Gasteiger partial charge in [0.2, 0.25) is 0 Å². The Kier molecular flexibility index (Phi) is 4.54. The Balaban J connectivity index is 2.52. The van der Waals surface area contributed by atoms with Crippen molar-refractivity contribution >= 4 is 31.7 Å². The number of sulfone groups is 1. The van der Waals surface area contributed by atoms with Crippen molar-refractivity contribution in [1.82, 2.24) is 0 Å². The van der Waals surface area contributed by atoms with Crippen LogP contribution >= 0.6 is 15.9 Å². The highest BCUT2D eigenvalue weighted by molar-refractivity contribution is 9.10. The van der Waals surface area contributed by atoms with Gasteiger partial charge in [-0.25, -0.2) is 8.42 Å². The van der Waals surface area contributed by atoms with E-state index in [4.69, 9.17) is 0 Å². The van der Waals surface area contributed by atoms with Gasteiger partial charge in [0.05, 0.1) is 4.90 Å². The second kappa shape index (κ2) is 5.85. The highest BCUT2D eigenvalue weighted by Crippen LogP contribution is 2.38. The van der Waals surface area contributed by atoms with Crippen LogP contribution in [0.1, 0.15) is 38.5 Å². The summed E-state index contributed by atoms with van der Waals surface area (Å²) in [6.45, 7) is 0. The predicted molar refractivity (Wildman–Crippen MR) is 79.4 cm³/mol. The largest absolute Gasteiger partial charge is 0.480 e. The molecule has 6 heteroatoms. The lowest BCUT2D eigenvalue weighted by atomic mass is 9.99. The molecular weight excluding hydrogens is 344 g/mol. The van der Waals surface area contributed by atoms with Crippen LogP contribution in [-0.2, 0) is 14.6 Å². The third kappa shape index (κ3) is 2.63. The van der Waals surface area contributed by atoms with E-state index in [1.165, 1.54) is 12.1 Å². The number of carbonyl (C=O) groups is 1. The minimum Gasteiger partial charge on any atom is -0.480 e. The molecule has 0 saturated heterocycles. The van der Waals surface area contributed by atoms with E-state index in [1.54, 1.807) is 12.1 Å². The zero-order valence-electron chi connectivity index (χ0n) is 11.0. The molecule has 1 aromatic carbocycles. The van der Waals surface area contributed by atoms with Crippen LogP contribution in [0.2, 0.25) is 0 Å². The van der Waals surface area contributed by atoms with Gasteiger partial charge in [-0.3, -0.25) is 4.79 Å². The molecule has 1 fully saturated rings. The maximum absolute atomic E-state index is 12.8. The van der Waals surface area contributed by atoms with Crippen LogP contribution in [0.4, 0.5) is 0 Å². The number of benzene rings is 1. The van der Waals surface area contributed by atoms with Gasteiger partial charge in [-0.15, -0.1) is 0 Å². The van der Waals surface area contributed by atoms with E-state index in [9.17, 15) is 18.3 Å². The Morgan fingerprint density at radius 1 is 1.05 bits per heavy atom. The van der Waals surface area contributed by atoms with E-state index in [2.05, 4.69) is 15.9 Å². The summed E-state index contributed by atoms with van der Waals surface area (Å²) in [4.78, 5) is 11.8. The number of halogens is 1. The van der Waals surface area contributed by atoms with Crippen molar-refractivity contribution < 1.29 is 18.3 Å². The standard InChI is InChI=1S/C14H17BrO4S/c15-11-5-7-12(8-6-11)20(18,19)14(13(16)17)9-3-1-2-4-10-14/h5-8H,1-4,9-10H2,(H,16,17). The van der Waals surface area contributed by atoms with Crippen LogP contribution in [0, 0.1) is 0 Å². The van der Waals surface area contributed by atoms with Crippen molar-refractivity contribution in [3.05, 3.63) is 28.7 Å². The number of aliphatic carboxylic acids is 1. The maximum atomic E-state index is 12.8. The van der Waals surface area contributed by atoms with Gasteiger partial charge in [-0.1, -0.05) is 41.6 Å². The lowest BCUT2D eigenvalue weighted by molar-refractivity contribution is -0.140. The molecule has 1 N–H and O–H groups in total. The van der Waals surface area contributed by atoms with E-state index in [-0.39, 0.29) is 17.7 Å². The molecule has 0 unspecified atom stereocenters. The highest BCUT2D eigenvalue weighted by Gasteiger charge is 2.51. The molecule has 0 amide bonds. The van der Waals surface area contributed by atoms with Crippen LogP contribution in [0.5, 0.6) is 0 Å². The number of hydrogen-bond donors (Lipinski definition) is 1. The molecule has 0 aliphatic heterocycles. The first kappa shape index (κ1) is 15.5. The molecule has 1 aliphatic rings. The molecule has 0 atom stereocenters. The van der Waals surface area contributed by atoms with Gasteiger partial charge >= 0.3 is 5.97 Å². The van der Waals surface area contributed by atoms with Gasteiger partial charge in [0.1, 0.15) is 0 Å². The minimum absolute atomic E-state index is 0.0880. The maximum Gasteiger partial charge on any atom is 0.325 e. The Bertz CT molecular complexity index is 584. The van der Waals surface area contributed by atoms with Crippen LogP contribution < -0.4 is 0 Å². The summed E-state index contributed by atoms with van der Waals surface area (Å²) in [7, 11) is -3.88. The minimum atomic E-state index is -3.88. The van der Waals surface area contributed by atoms with Gasteiger partial charge in [-0.05, 0) is 37.1 Å². The molecule has 1 saturated carbocycles. The molecule has 0 radical (unpaired) electrons. The van der Waals surface area contributed by atoms with E-state index in [1.807, 2.05) is 0 Å². The Hall–Kier alpha value is -0.880. The van der Waals surface area contributed by atoms with E-state index < -0.39 is 20.6 Å². The lowest BCUT2D eigenvalue weighted by Crippen LogP contribution is -2.46. The summed E-state index contributed by atoms with van der Waals surface area (Å²) in [5, 5.41) is 9.58. The van der Waals surface area contributed by atoms with Gasteiger partial charge < -0.3 is 5.11 Å². The Labute approximate surface area is 127 Å². The zero-order valence-corrected chi connectivity index (χ0v) is 13.4. The number of carboxylic acid groups (broad SMARTS) is 1. The predicted octanol–water partition coefficient (Wildman–Crippen LogP) is 3.40. The highest BCUT2D eigenvalue weighted by atomic mass is 79.9. The molecule has 0 spiro atoms. The smallest absolute Gasteiger partial charge is 0.325 e. The van der Waals surface area contributed by atoms with Crippen molar-refractivity contribution in [2.24, 2.45) is 0 Å². The van der Waals surface area contributed by atoms with E-state index >= 15 is 0 Å². The van der Waals surface area contributed by atoms with Crippen LogP contribution in [0.25, 0.3) is 0 Å². The van der Waals surface area contributed by atoms with Crippen molar-refractivity contribution in [2.45, 2.75) is 48.2 Å². The number of rotatable bonds is 3. The van der Waals surface area contributed by atoms with Crippen molar-refractivity contribution in [2.75, 3.05) is 0 Å². The molecule has 110 valence electrons. The Morgan fingerprint density at radius 2 is 1.55 bits per heavy atom. The van der Waals surface area contributed by atoms with Gasteiger partial charge in [-0.2, -0.15) is 0 Å². The van der Waals surface area contributed by atoms with Crippen molar-refractivity contribution in [1.29, 1.82) is 0 Å². The first-order valence-electron chi connectivity index (χ1n) is 6.64. The van der Waals surface area contributed by atoms with E-state index in [0.29, 0.717) is 12.8 Å². The third-order valence-corrected chi connectivity index (χ3v) is 6.97.